The first kappa shape index (κ1) is 14.4. The van der Waals surface area contributed by atoms with Crippen molar-refractivity contribution in [2.45, 2.75) is 38.8 Å². The number of nitrogens with two attached hydrogens (primary N) is 1. The van der Waals surface area contributed by atoms with E-state index >= 15 is 0 Å². The second-order valence-electron chi connectivity index (χ2n) is 5.19. The molecule has 0 radical (unpaired) electrons. The van der Waals surface area contributed by atoms with Crippen molar-refractivity contribution in [2.75, 3.05) is 26.2 Å². The fraction of sp³-hybridized carbons (Fsp3) is 0.917. The highest BCUT2D eigenvalue weighted by atomic mass is 16.3. The molecule has 1 unspecified atom stereocenters. The number of carbonyl (C=O) groups excluding carboxylic acids is 1. The number of carbonyl (C=O) groups is 1. The van der Waals surface area contributed by atoms with Crippen LogP contribution in [0.15, 0.2) is 0 Å². The Bertz CT molecular complexity index is 240. The van der Waals surface area contributed by atoms with E-state index in [4.69, 9.17) is 5.73 Å². The summed E-state index contributed by atoms with van der Waals surface area (Å²) in [4.78, 5) is 13.1. The van der Waals surface area contributed by atoms with Gasteiger partial charge in [-0.3, -0.25) is 9.69 Å². The van der Waals surface area contributed by atoms with Gasteiger partial charge in [0, 0.05) is 12.6 Å². The standard InChI is InChI=1S/C12H25N3O2/c1-9(2)11(16)7-15(8-12(13)17)10-3-5-14-6-4-10/h9-11,14,16H,3-8H2,1-2H3,(H2,13,17). The zero-order valence-corrected chi connectivity index (χ0v) is 10.9. The Kier molecular flexibility index (Phi) is 5.88. The third kappa shape index (κ3) is 5.02. The fourth-order valence-electron chi connectivity index (χ4n) is 2.17. The third-order valence-corrected chi connectivity index (χ3v) is 3.38. The monoisotopic (exact) mass is 243 g/mol. The quantitative estimate of drug-likeness (QED) is 0.590. The summed E-state index contributed by atoms with van der Waals surface area (Å²) < 4.78 is 0. The molecule has 0 aromatic heterocycles. The lowest BCUT2D eigenvalue weighted by molar-refractivity contribution is -0.120. The Morgan fingerprint density at radius 3 is 2.53 bits per heavy atom. The first-order valence-corrected chi connectivity index (χ1v) is 6.42. The number of piperidine rings is 1. The number of nitrogens with zero attached hydrogens (tertiary/aromatic N) is 1. The van der Waals surface area contributed by atoms with Gasteiger partial charge in [-0.05, 0) is 31.8 Å². The minimum Gasteiger partial charge on any atom is -0.392 e. The van der Waals surface area contributed by atoms with E-state index in [1.807, 2.05) is 18.7 Å². The first-order valence-electron chi connectivity index (χ1n) is 6.42. The lowest BCUT2D eigenvalue weighted by Gasteiger charge is -2.35. The molecule has 100 valence electrons. The fourth-order valence-corrected chi connectivity index (χ4v) is 2.17. The summed E-state index contributed by atoms with van der Waals surface area (Å²) in [5.74, 6) is -0.119. The molecule has 1 aliphatic rings. The van der Waals surface area contributed by atoms with Crippen molar-refractivity contribution >= 4 is 5.91 Å². The van der Waals surface area contributed by atoms with Crippen molar-refractivity contribution < 1.29 is 9.90 Å². The van der Waals surface area contributed by atoms with Crippen molar-refractivity contribution in [1.29, 1.82) is 0 Å². The summed E-state index contributed by atoms with van der Waals surface area (Å²) in [6.45, 7) is 6.68. The molecule has 5 nitrogen and oxygen atoms in total. The van der Waals surface area contributed by atoms with Gasteiger partial charge in [0.1, 0.15) is 0 Å². The molecular weight excluding hydrogens is 218 g/mol. The van der Waals surface area contributed by atoms with Crippen molar-refractivity contribution in [1.82, 2.24) is 10.2 Å². The normalized spacial score (nSPS) is 19.8. The van der Waals surface area contributed by atoms with Crippen molar-refractivity contribution in [3.63, 3.8) is 0 Å². The van der Waals surface area contributed by atoms with Crippen LogP contribution in [0.5, 0.6) is 0 Å². The molecule has 0 aromatic carbocycles. The Morgan fingerprint density at radius 1 is 1.47 bits per heavy atom. The van der Waals surface area contributed by atoms with E-state index in [1.54, 1.807) is 0 Å². The van der Waals surface area contributed by atoms with Gasteiger partial charge in [0.15, 0.2) is 0 Å². The smallest absolute Gasteiger partial charge is 0.231 e. The van der Waals surface area contributed by atoms with E-state index in [0.29, 0.717) is 12.6 Å². The number of primary amides is 1. The zero-order valence-electron chi connectivity index (χ0n) is 10.9. The number of aliphatic hydroxyl groups is 1. The van der Waals surface area contributed by atoms with Crippen molar-refractivity contribution in [3.05, 3.63) is 0 Å². The minimum atomic E-state index is -0.399. The van der Waals surface area contributed by atoms with Crippen LogP contribution in [0.2, 0.25) is 0 Å². The molecule has 0 aliphatic carbocycles. The maximum Gasteiger partial charge on any atom is 0.231 e. The van der Waals surface area contributed by atoms with Crippen LogP contribution >= 0.6 is 0 Å². The van der Waals surface area contributed by atoms with Gasteiger partial charge < -0.3 is 16.2 Å². The first-order chi connectivity index (χ1) is 8.00. The Morgan fingerprint density at radius 2 is 2.06 bits per heavy atom. The van der Waals surface area contributed by atoms with Gasteiger partial charge in [0.2, 0.25) is 5.91 Å². The van der Waals surface area contributed by atoms with E-state index in [0.717, 1.165) is 25.9 Å². The van der Waals surface area contributed by atoms with Crippen LogP contribution in [0.4, 0.5) is 0 Å². The topological polar surface area (TPSA) is 78.6 Å². The van der Waals surface area contributed by atoms with Gasteiger partial charge in [-0.2, -0.15) is 0 Å². The molecule has 0 saturated carbocycles. The molecule has 1 rings (SSSR count). The number of amides is 1. The van der Waals surface area contributed by atoms with Crippen LogP contribution in [0.25, 0.3) is 0 Å². The average molecular weight is 243 g/mol. The zero-order chi connectivity index (χ0) is 12.8. The second-order valence-corrected chi connectivity index (χ2v) is 5.19. The summed E-state index contributed by atoms with van der Waals surface area (Å²) in [5, 5.41) is 13.2. The van der Waals surface area contributed by atoms with Gasteiger partial charge in [0.25, 0.3) is 0 Å². The maximum atomic E-state index is 11.1. The Balaban J connectivity index is 2.55. The van der Waals surface area contributed by atoms with Gasteiger partial charge in [-0.25, -0.2) is 0 Å². The predicted octanol–water partition coefficient (Wildman–Crippen LogP) is -0.457. The molecule has 1 fully saturated rings. The van der Waals surface area contributed by atoms with E-state index < -0.39 is 6.10 Å². The molecule has 5 heteroatoms. The predicted molar refractivity (Wildman–Crippen MR) is 67.5 cm³/mol. The number of rotatable bonds is 6. The van der Waals surface area contributed by atoms with Crippen LogP contribution in [-0.2, 0) is 4.79 Å². The van der Waals surface area contributed by atoms with Crippen molar-refractivity contribution in [2.24, 2.45) is 11.7 Å². The lowest BCUT2D eigenvalue weighted by atomic mass is 10.0. The summed E-state index contributed by atoms with van der Waals surface area (Å²) >= 11 is 0. The lowest BCUT2D eigenvalue weighted by Crippen LogP contribution is -2.49. The SMILES string of the molecule is CC(C)C(O)CN(CC(N)=O)C1CCNCC1. The van der Waals surface area contributed by atoms with Crippen LogP contribution in [0, 0.1) is 5.92 Å². The van der Waals surface area contributed by atoms with Crippen molar-refractivity contribution in [3.8, 4) is 0 Å². The van der Waals surface area contributed by atoms with Crippen LogP contribution < -0.4 is 11.1 Å². The third-order valence-electron chi connectivity index (χ3n) is 3.38. The molecule has 0 bridgehead atoms. The molecule has 17 heavy (non-hydrogen) atoms. The molecule has 1 saturated heterocycles. The molecular formula is C12H25N3O2. The molecule has 0 spiro atoms. The highest BCUT2D eigenvalue weighted by Gasteiger charge is 2.25. The van der Waals surface area contributed by atoms with Gasteiger partial charge in [0.05, 0.1) is 12.6 Å². The summed E-state index contributed by atoms with van der Waals surface area (Å²) in [6.07, 6.45) is 1.63. The Labute approximate surface area is 103 Å². The van der Waals surface area contributed by atoms with Crippen LogP contribution in [-0.4, -0.2) is 54.2 Å². The van der Waals surface area contributed by atoms with E-state index in [1.165, 1.54) is 0 Å². The molecule has 1 aliphatic heterocycles. The largest absolute Gasteiger partial charge is 0.392 e. The van der Waals surface area contributed by atoms with Crippen LogP contribution in [0.3, 0.4) is 0 Å². The van der Waals surface area contributed by atoms with E-state index in [9.17, 15) is 9.90 Å². The molecule has 4 N–H and O–H groups in total. The summed E-state index contributed by atoms with van der Waals surface area (Å²) in [6, 6.07) is 0.358. The number of aliphatic hydroxyl groups excluding tert-OH is 1. The van der Waals surface area contributed by atoms with E-state index in [2.05, 4.69) is 5.32 Å². The molecule has 0 aromatic rings. The number of nitrogens with one attached hydrogen (secondary N) is 1. The van der Waals surface area contributed by atoms with Gasteiger partial charge >= 0.3 is 0 Å². The highest BCUT2D eigenvalue weighted by molar-refractivity contribution is 5.75. The molecule has 1 heterocycles. The molecule has 1 atom stereocenters. The second kappa shape index (κ2) is 6.93. The molecule has 1 amide bonds. The number of hydrogen-bond donors (Lipinski definition) is 3. The van der Waals surface area contributed by atoms with Crippen LogP contribution in [0.1, 0.15) is 26.7 Å². The summed E-state index contributed by atoms with van der Waals surface area (Å²) in [5.41, 5.74) is 5.27. The average Bonchev–Trinajstić information content (AvgIpc) is 2.28. The maximum absolute atomic E-state index is 11.1. The van der Waals surface area contributed by atoms with Gasteiger partial charge in [-0.15, -0.1) is 0 Å². The van der Waals surface area contributed by atoms with Gasteiger partial charge in [-0.1, -0.05) is 13.8 Å². The Hall–Kier alpha value is -0.650. The highest BCUT2D eigenvalue weighted by Crippen LogP contribution is 2.14. The summed E-state index contributed by atoms with van der Waals surface area (Å²) in [7, 11) is 0. The van der Waals surface area contributed by atoms with E-state index in [-0.39, 0.29) is 18.4 Å². The number of hydrogen-bond acceptors (Lipinski definition) is 4. The minimum absolute atomic E-state index is 0.201.